The largest absolute Gasteiger partial charge is 0.250 e. The molecule has 0 radical (unpaired) electrons. The van der Waals surface area contributed by atoms with E-state index in [9.17, 15) is 0 Å². The van der Waals surface area contributed by atoms with Crippen molar-refractivity contribution < 1.29 is 4.57 Å². The van der Waals surface area contributed by atoms with Gasteiger partial charge in [-0.25, -0.2) is 4.57 Å². The number of aromatic amines is 1. The summed E-state index contributed by atoms with van der Waals surface area (Å²) in [6, 6.07) is 11.5. The molecular formula is C25H41N2+. The van der Waals surface area contributed by atoms with Gasteiger partial charge in [-0.2, -0.15) is 0 Å². The summed E-state index contributed by atoms with van der Waals surface area (Å²) in [5.41, 5.74) is 1.45. The van der Waals surface area contributed by atoms with E-state index in [-0.39, 0.29) is 0 Å². The maximum atomic E-state index is 3.23. The van der Waals surface area contributed by atoms with Crippen molar-refractivity contribution in [2.75, 3.05) is 0 Å². The molecule has 0 spiro atoms. The molecule has 0 bridgehead atoms. The number of benzene rings is 1. The Morgan fingerprint density at radius 3 is 2.07 bits per heavy atom. The minimum atomic E-state index is 0.588. The van der Waals surface area contributed by atoms with Gasteiger partial charge in [0.05, 0.1) is 0 Å². The van der Waals surface area contributed by atoms with Gasteiger partial charge in [0, 0.05) is 5.92 Å². The molecule has 1 aromatic heterocycles. The zero-order valence-corrected chi connectivity index (χ0v) is 17.7. The molecule has 2 heteroatoms. The minimum Gasteiger partial charge on any atom is -0.250 e. The van der Waals surface area contributed by atoms with Crippen LogP contribution in [0.5, 0.6) is 0 Å². The Balaban J connectivity index is 1.68. The molecule has 0 fully saturated rings. The van der Waals surface area contributed by atoms with Crippen molar-refractivity contribution in [3.05, 3.63) is 54.6 Å². The summed E-state index contributed by atoms with van der Waals surface area (Å²) < 4.78 is 2.39. The van der Waals surface area contributed by atoms with Gasteiger partial charge in [0.2, 0.25) is 6.33 Å². The van der Waals surface area contributed by atoms with Crippen LogP contribution in [-0.4, -0.2) is 4.98 Å². The Bertz CT molecular complexity index is 561. The number of nitrogens with zero attached hydrogens (tertiary/aromatic N) is 1. The molecule has 0 aliphatic rings. The van der Waals surface area contributed by atoms with Gasteiger partial charge in [-0.05, 0) is 24.8 Å². The zero-order chi connectivity index (χ0) is 19.2. The van der Waals surface area contributed by atoms with Crippen molar-refractivity contribution in [1.82, 2.24) is 4.98 Å². The molecule has 1 heterocycles. The lowest BCUT2D eigenvalue weighted by atomic mass is 9.90. The van der Waals surface area contributed by atoms with Crippen molar-refractivity contribution in [3.63, 3.8) is 0 Å². The molecule has 0 saturated heterocycles. The van der Waals surface area contributed by atoms with Crippen molar-refractivity contribution in [3.8, 4) is 0 Å². The average molecular weight is 370 g/mol. The highest BCUT2D eigenvalue weighted by Crippen LogP contribution is 2.23. The first-order chi connectivity index (χ1) is 13.3. The Kier molecular flexibility index (Phi) is 10.9. The van der Waals surface area contributed by atoms with Gasteiger partial charge in [-0.3, -0.25) is 4.98 Å². The fraction of sp³-hybridized carbons (Fsp3) is 0.640. The molecule has 1 N–H and O–H groups in total. The molecule has 2 nitrogen and oxygen atoms in total. The van der Waals surface area contributed by atoms with Crippen LogP contribution in [-0.2, 0) is 6.42 Å². The first-order valence-electron chi connectivity index (χ1n) is 11.4. The highest BCUT2D eigenvalue weighted by molar-refractivity contribution is 5.15. The summed E-state index contributed by atoms with van der Waals surface area (Å²) in [4.78, 5) is 3.23. The fourth-order valence-electron chi connectivity index (χ4n) is 4.20. The summed E-state index contributed by atoms with van der Waals surface area (Å²) in [7, 11) is 0. The Morgan fingerprint density at radius 1 is 0.852 bits per heavy atom. The lowest BCUT2D eigenvalue weighted by molar-refractivity contribution is -0.729. The Morgan fingerprint density at radius 2 is 1.48 bits per heavy atom. The molecule has 0 saturated carbocycles. The number of rotatable bonds is 15. The normalized spacial score (nSPS) is 13.6. The molecule has 2 aromatic rings. The third-order valence-electron chi connectivity index (χ3n) is 5.86. The number of nitrogens with one attached hydrogen (secondary N) is 1. The maximum absolute atomic E-state index is 3.23. The molecule has 0 amide bonds. The van der Waals surface area contributed by atoms with Crippen LogP contribution in [0.25, 0.3) is 0 Å². The second-order valence-electron chi connectivity index (χ2n) is 8.26. The summed E-state index contributed by atoms with van der Waals surface area (Å²) in [6.07, 6.45) is 22.9. The third kappa shape index (κ3) is 8.77. The van der Waals surface area contributed by atoms with E-state index < -0.39 is 0 Å². The van der Waals surface area contributed by atoms with Crippen LogP contribution >= 0.6 is 0 Å². The first kappa shape index (κ1) is 21.7. The van der Waals surface area contributed by atoms with E-state index in [4.69, 9.17) is 0 Å². The highest BCUT2D eigenvalue weighted by atomic mass is 15.1. The lowest BCUT2D eigenvalue weighted by Gasteiger charge is -2.21. The molecule has 27 heavy (non-hydrogen) atoms. The molecule has 150 valence electrons. The highest BCUT2D eigenvalue weighted by Gasteiger charge is 2.23. The van der Waals surface area contributed by atoms with Crippen LogP contribution in [0.1, 0.15) is 96.1 Å². The molecule has 2 rings (SSSR count). The standard InChI is InChI=1S/C25H40N2/c1-3-4-5-6-7-8-9-10-11-15-18-25(27-20-19-26-22-27)23(2)21-24-16-13-12-14-17-24/h12-14,16-17,19-20,22-23,25H,3-11,15,18,21H2,1-2H3/p+1. The van der Waals surface area contributed by atoms with E-state index in [0.29, 0.717) is 12.0 Å². The van der Waals surface area contributed by atoms with Crippen molar-refractivity contribution in [2.45, 2.75) is 96.9 Å². The van der Waals surface area contributed by atoms with Crippen molar-refractivity contribution >= 4 is 0 Å². The van der Waals surface area contributed by atoms with Crippen LogP contribution in [0.15, 0.2) is 49.1 Å². The predicted octanol–water partition coefficient (Wildman–Crippen LogP) is 7.03. The SMILES string of the molecule is CCCCCCCCCCCCC(C(C)Cc1ccccc1)[n+]1cc[nH]c1. The predicted molar refractivity (Wildman–Crippen MR) is 116 cm³/mol. The molecule has 2 atom stereocenters. The third-order valence-corrected chi connectivity index (χ3v) is 5.86. The van der Waals surface area contributed by atoms with Crippen LogP contribution in [0.3, 0.4) is 0 Å². The Labute approximate surface area is 167 Å². The van der Waals surface area contributed by atoms with Gasteiger partial charge < -0.3 is 0 Å². The summed E-state index contributed by atoms with van der Waals surface area (Å²) in [5.74, 6) is 0.645. The zero-order valence-electron chi connectivity index (χ0n) is 17.7. The molecule has 0 aliphatic heterocycles. The summed E-state index contributed by atoms with van der Waals surface area (Å²) >= 11 is 0. The summed E-state index contributed by atoms with van der Waals surface area (Å²) in [6.45, 7) is 4.70. The molecule has 1 aromatic carbocycles. The molecule has 0 aliphatic carbocycles. The van der Waals surface area contributed by atoms with E-state index in [0.717, 1.165) is 6.42 Å². The average Bonchev–Trinajstić information content (AvgIpc) is 3.21. The Hall–Kier alpha value is -1.57. The number of aromatic nitrogens is 2. The second-order valence-corrected chi connectivity index (χ2v) is 8.26. The number of imidazole rings is 1. The van der Waals surface area contributed by atoms with Crippen LogP contribution in [0.2, 0.25) is 0 Å². The fourth-order valence-corrected chi connectivity index (χ4v) is 4.20. The van der Waals surface area contributed by atoms with Gasteiger partial charge in [0.15, 0.2) is 0 Å². The van der Waals surface area contributed by atoms with Gasteiger partial charge in [-0.1, -0.05) is 102 Å². The quantitative estimate of drug-likeness (QED) is 0.257. The van der Waals surface area contributed by atoms with Gasteiger partial charge in [-0.15, -0.1) is 0 Å². The topological polar surface area (TPSA) is 19.7 Å². The van der Waals surface area contributed by atoms with Gasteiger partial charge >= 0.3 is 0 Å². The van der Waals surface area contributed by atoms with Crippen LogP contribution < -0.4 is 4.57 Å². The smallest absolute Gasteiger partial charge is 0.241 e. The lowest BCUT2D eigenvalue weighted by Crippen LogP contribution is -2.41. The molecule has 2 unspecified atom stereocenters. The number of H-pyrrole nitrogens is 1. The number of hydrogen-bond donors (Lipinski definition) is 1. The molecular weight excluding hydrogens is 328 g/mol. The minimum absolute atomic E-state index is 0.588. The van der Waals surface area contributed by atoms with Crippen molar-refractivity contribution in [1.29, 1.82) is 0 Å². The number of hydrogen-bond acceptors (Lipinski definition) is 0. The summed E-state index contributed by atoms with van der Waals surface area (Å²) in [5, 5.41) is 0. The van der Waals surface area contributed by atoms with E-state index in [1.54, 1.807) is 0 Å². The number of unbranched alkanes of at least 4 members (excludes halogenated alkanes) is 9. The van der Waals surface area contributed by atoms with Gasteiger partial charge in [0.25, 0.3) is 0 Å². The maximum Gasteiger partial charge on any atom is 0.241 e. The monoisotopic (exact) mass is 369 g/mol. The second kappa shape index (κ2) is 13.6. The van der Waals surface area contributed by atoms with Crippen molar-refractivity contribution in [2.24, 2.45) is 5.92 Å². The van der Waals surface area contributed by atoms with Gasteiger partial charge in [0.1, 0.15) is 18.4 Å². The van der Waals surface area contributed by atoms with E-state index in [2.05, 4.69) is 66.3 Å². The first-order valence-corrected chi connectivity index (χ1v) is 11.4. The van der Waals surface area contributed by atoms with E-state index in [1.165, 1.54) is 76.2 Å². The van der Waals surface area contributed by atoms with E-state index in [1.807, 2.05) is 6.20 Å². The van der Waals surface area contributed by atoms with Crippen LogP contribution in [0, 0.1) is 5.92 Å². The van der Waals surface area contributed by atoms with E-state index >= 15 is 0 Å². The van der Waals surface area contributed by atoms with Crippen LogP contribution in [0.4, 0.5) is 0 Å².